The number of hydrazine groups is 1. The molecule has 1 aromatic rings. The Balaban J connectivity index is 1.90. The van der Waals surface area contributed by atoms with Gasteiger partial charge in [-0.05, 0) is 55.6 Å². The van der Waals surface area contributed by atoms with Crippen molar-refractivity contribution in [3.8, 4) is 5.75 Å². The summed E-state index contributed by atoms with van der Waals surface area (Å²) in [5.41, 5.74) is 6.82. The second-order valence-electron chi connectivity index (χ2n) is 7.09. The third-order valence-electron chi connectivity index (χ3n) is 5.32. The quantitative estimate of drug-likeness (QED) is 0.509. The van der Waals surface area contributed by atoms with E-state index in [1.54, 1.807) is 25.3 Å². The molecule has 0 aliphatic heterocycles. The molecular weight excluding hydrogens is 362 g/mol. The summed E-state index contributed by atoms with van der Waals surface area (Å²) in [7, 11) is 1.60. The monoisotopic (exact) mass is 393 g/mol. The van der Waals surface area contributed by atoms with Crippen LogP contribution < -0.4 is 20.9 Å². The van der Waals surface area contributed by atoms with E-state index in [-0.39, 0.29) is 5.91 Å². The number of hydrogen-bond donors (Lipinski definition) is 3. The average molecular weight is 394 g/mol. The minimum atomic E-state index is -0.260. The van der Waals surface area contributed by atoms with E-state index in [4.69, 9.17) is 21.7 Å². The summed E-state index contributed by atoms with van der Waals surface area (Å²) in [6.07, 6.45) is 3.56. The number of hydrogen-bond acceptors (Lipinski definition) is 4. The van der Waals surface area contributed by atoms with Crippen molar-refractivity contribution in [3.05, 3.63) is 29.3 Å². The molecule has 150 valence electrons. The zero-order valence-corrected chi connectivity index (χ0v) is 17.4. The molecule has 0 saturated heterocycles. The van der Waals surface area contributed by atoms with Crippen molar-refractivity contribution in [2.75, 3.05) is 13.7 Å². The topological polar surface area (TPSA) is 71.6 Å². The van der Waals surface area contributed by atoms with E-state index in [0.29, 0.717) is 47.5 Å². The lowest BCUT2D eigenvalue weighted by molar-refractivity contribution is 0.0942. The van der Waals surface area contributed by atoms with E-state index in [1.165, 1.54) is 12.8 Å². The van der Waals surface area contributed by atoms with Gasteiger partial charge < -0.3 is 14.8 Å². The van der Waals surface area contributed by atoms with E-state index in [9.17, 15) is 4.79 Å². The predicted octanol–water partition coefficient (Wildman–Crippen LogP) is 3.17. The first kappa shape index (κ1) is 21.4. The first-order valence-corrected chi connectivity index (χ1v) is 9.98. The summed E-state index contributed by atoms with van der Waals surface area (Å²) in [5.74, 6) is 1.67. The Labute approximate surface area is 167 Å². The zero-order valence-electron chi connectivity index (χ0n) is 16.6. The minimum Gasteiger partial charge on any atom is -0.496 e. The second kappa shape index (κ2) is 10.5. The third-order valence-corrected chi connectivity index (χ3v) is 5.54. The molecule has 27 heavy (non-hydrogen) atoms. The summed E-state index contributed by atoms with van der Waals surface area (Å²) in [5, 5.41) is 3.77. The fourth-order valence-corrected chi connectivity index (χ4v) is 3.62. The Morgan fingerprint density at radius 2 is 2.04 bits per heavy atom. The van der Waals surface area contributed by atoms with Crippen LogP contribution in [0.15, 0.2) is 18.2 Å². The summed E-state index contributed by atoms with van der Waals surface area (Å²) in [6, 6.07) is 5.59. The predicted molar refractivity (Wildman–Crippen MR) is 111 cm³/mol. The van der Waals surface area contributed by atoms with Crippen LogP contribution in [0.5, 0.6) is 5.75 Å². The number of methoxy groups -OCH3 is 1. The smallest absolute Gasteiger partial charge is 0.269 e. The fourth-order valence-electron chi connectivity index (χ4n) is 3.42. The number of nitrogens with one attached hydrogen (secondary N) is 3. The maximum Gasteiger partial charge on any atom is 0.269 e. The number of ether oxygens (including phenoxy) is 2. The van der Waals surface area contributed by atoms with Gasteiger partial charge in [0.2, 0.25) is 0 Å². The molecular formula is C20H31N3O3S. The highest BCUT2D eigenvalue weighted by atomic mass is 32.1. The molecule has 0 aromatic heterocycles. The van der Waals surface area contributed by atoms with Gasteiger partial charge in [-0.1, -0.05) is 26.7 Å². The number of benzene rings is 1. The molecule has 0 heterocycles. The number of thiocarbonyl (C=S) groups is 1. The Hall–Kier alpha value is -1.86. The molecule has 6 nitrogen and oxygen atoms in total. The largest absolute Gasteiger partial charge is 0.496 e. The van der Waals surface area contributed by atoms with Crippen molar-refractivity contribution in [1.29, 1.82) is 0 Å². The van der Waals surface area contributed by atoms with Crippen molar-refractivity contribution < 1.29 is 14.3 Å². The lowest BCUT2D eigenvalue weighted by Crippen LogP contribution is -2.52. The van der Waals surface area contributed by atoms with Gasteiger partial charge in [-0.15, -0.1) is 0 Å². The Morgan fingerprint density at radius 3 is 2.74 bits per heavy atom. The van der Waals surface area contributed by atoms with Crippen molar-refractivity contribution >= 4 is 23.2 Å². The number of carbonyl (C=O) groups is 1. The van der Waals surface area contributed by atoms with E-state index in [0.717, 1.165) is 12.0 Å². The summed E-state index contributed by atoms with van der Waals surface area (Å²) in [6.45, 7) is 7.44. The molecule has 0 unspecified atom stereocenters. The van der Waals surface area contributed by atoms with Gasteiger partial charge in [0, 0.05) is 23.8 Å². The molecule has 0 bridgehead atoms. The molecule has 7 heteroatoms. The SMILES string of the molecule is CCOCc1cc(C(=O)NNC(=S)N[C@@H]2CCC[C@H](C)[C@@H]2C)ccc1OC. The van der Waals surface area contributed by atoms with Crippen LogP contribution >= 0.6 is 12.2 Å². The van der Waals surface area contributed by atoms with Gasteiger partial charge in [0.25, 0.3) is 5.91 Å². The molecule has 0 radical (unpaired) electrons. The number of carbonyl (C=O) groups excluding carboxylic acids is 1. The van der Waals surface area contributed by atoms with Gasteiger partial charge in [0.05, 0.1) is 13.7 Å². The van der Waals surface area contributed by atoms with Gasteiger partial charge in [-0.2, -0.15) is 0 Å². The van der Waals surface area contributed by atoms with Crippen molar-refractivity contribution in [2.45, 2.75) is 52.7 Å². The van der Waals surface area contributed by atoms with E-state index < -0.39 is 0 Å². The molecule has 3 N–H and O–H groups in total. The summed E-state index contributed by atoms with van der Waals surface area (Å²) < 4.78 is 10.8. The highest BCUT2D eigenvalue weighted by Gasteiger charge is 2.27. The average Bonchev–Trinajstić information content (AvgIpc) is 2.67. The number of rotatable bonds is 6. The lowest BCUT2D eigenvalue weighted by Gasteiger charge is -2.35. The minimum absolute atomic E-state index is 0.260. The molecule has 1 amide bonds. The van der Waals surface area contributed by atoms with E-state index in [1.807, 2.05) is 6.92 Å². The Kier molecular flexibility index (Phi) is 8.31. The van der Waals surface area contributed by atoms with Crippen LogP contribution in [0.3, 0.4) is 0 Å². The standard InChI is InChI=1S/C20H31N3O3S/c1-5-26-12-16-11-15(9-10-18(16)25-4)19(24)22-23-20(27)21-17-8-6-7-13(2)14(17)3/h9-11,13-14,17H,5-8,12H2,1-4H3,(H,22,24)(H2,21,23,27)/t13-,14-,17+/m0/s1. The van der Waals surface area contributed by atoms with Gasteiger partial charge >= 0.3 is 0 Å². The van der Waals surface area contributed by atoms with Crippen LogP contribution in [-0.4, -0.2) is 30.8 Å². The first-order chi connectivity index (χ1) is 13.0. The third kappa shape index (κ3) is 6.07. The molecule has 3 atom stereocenters. The molecule has 1 aliphatic carbocycles. The highest BCUT2D eigenvalue weighted by molar-refractivity contribution is 7.80. The highest BCUT2D eigenvalue weighted by Crippen LogP contribution is 2.29. The second-order valence-corrected chi connectivity index (χ2v) is 7.50. The normalized spacial score (nSPS) is 22.0. The van der Waals surface area contributed by atoms with Gasteiger partial charge in [0.15, 0.2) is 5.11 Å². The summed E-state index contributed by atoms with van der Waals surface area (Å²) in [4.78, 5) is 12.4. The van der Waals surface area contributed by atoms with Crippen LogP contribution in [0.1, 0.15) is 56.0 Å². The number of amides is 1. The molecule has 1 aromatic carbocycles. The van der Waals surface area contributed by atoms with Gasteiger partial charge in [0.1, 0.15) is 5.75 Å². The maximum absolute atomic E-state index is 12.4. The van der Waals surface area contributed by atoms with Crippen molar-refractivity contribution in [1.82, 2.24) is 16.2 Å². The van der Waals surface area contributed by atoms with Crippen molar-refractivity contribution in [2.24, 2.45) is 11.8 Å². The summed E-state index contributed by atoms with van der Waals surface area (Å²) >= 11 is 5.34. The Bertz CT molecular complexity index is 653. The first-order valence-electron chi connectivity index (χ1n) is 9.57. The van der Waals surface area contributed by atoms with Crippen LogP contribution in [0.4, 0.5) is 0 Å². The molecule has 1 fully saturated rings. The fraction of sp³-hybridized carbons (Fsp3) is 0.600. The van der Waals surface area contributed by atoms with Gasteiger partial charge in [-0.25, -0.2) is 0 Å². The molecule has 1 saturated carbocycles. The van der Waals surface area contributed by atoms with Crippen LogP contribution in [0.2, 0.25) is 0 Å². The molecule has 0 spiro atoms. The lowest BCUT2D eigenvalue weighted by atomic mass is 9.78. The van der Waals surface area contributed by atoms with Crippen LogP contribution in [0, 0.1) is 11.8 Å². The molecule has 2 rings (SSSR count). The van der Waals surface area contributed by atoms with Gasteiger partial charge in [-0.3, -0.25) is 15.6 Å². The zero-order chi connectivity index (χ0) is 19.8. The van der Waals surface area contributed by atoms with Crippen molar-refractivity contribution in [3.63, 3.8) is 0 Å². The van der Waals surface area contributed by atoms with E-state index >= 15 is 0 Å². The van der Waals surface area contributed by atoms with Crippen LogP contribution in [0.25, 0.3) is 0 Å². The maximum atomic E-state index is 12.4. The van der Waals surface area contributed by atoms with Crippen LogP contribution in [-0.2, 0) is 11.3 Å². The van der Waals surface area contributed by atoms with E-state index in [2.05, 4.69) is 30.0 Å². The Morgan fingerprint density at radius 1 is 1.26 bits per heavy atom. The molecule has 1 aliphatic rings.